The number of aromatic nitrogens is 3. The number of nitrogens with zero attached hydrogens (tertiary/aromatic N) is 4. The van der Waals surface area contributed by atoms with Crippen molar-refractivity contribution in [2.45, 2.75) is 33.7 Å². The summed E-state index contributed by atoms with van der Waals surface area (Å²) in [4.78, 5) is 54.9. The van der Waals surface area contributed by atoms with Gasteiger partial charge >= 0.3 is 17.5 Å². The highest BCUT2D eigenvalue weighted by molar-refractivity contribution is 5.91. The number of piperidine rings is 1. The number of ether oxygens (including phenoxy) is 2. The fraction of sp³-hybridized carbons (Fsp3) is 0.526. The van der Waals surface area contributed by atoms with Gasteiger partial charge in [-0.05, 0) is 18.3 Å². The van der Waals surface area contributed by atoms with Gasteiger partial charge in [0.1, 0.15) is 6.54 Å². The minimum atomic E-state index is -0.918. The minimum Gasteiger partial charge on any atom is -0.464 e. The molecule has 3 rings (SSSR count). The number of esters is 2. The van der Waals surface area contributed by atoms with Gasteiger partial charge in [-0.15, -0.1) is 0 Å². The molecule has 1 aliphatic rings. The van der Waals surface area contributed by atoms with Crippen molar-refractivity contribution in [1.29, 1.82) is 0 Å². The summed E-state index contributed by atoms with van der Waals surface area (Å²) < 4.78 is 12.2. The number of rotatable bonds is 4. The molecule has 1 fully saturated rings. The van der Waals surface area contributed by atoms with Crippen molar-refractivity contribution in [2.24, 2.45) is 11.8 Å². The van der Waals surface area contributed by atoms with Gasteiger partial charge in [0.2, 0.25) is 23.1 Å². The Balaban J connectivity index is 1.99. The van der Waals surface area contributed by atoms with E-state index in [-0.39, 0.29) is 18.2 Å². The topological polar surface area (TPSA) is 112 Å². The lowest BCUT2D eigenvalue weighted by Crippen LogP contribution is -2.44. The molecule has 1 saturated heterocycles. The quantitative estimate of drug-likeness (QED) is 0.690. The van der Waals surface area contributed by atoms with Crippen molar-refractivity contribution in [3.8, 4) is 5.75 Å². The average molecular weight is 404 g/mol. The lowest BCUT2D eigenvalue weighted by Gasteiger charge is -2.35. The molecule has 2 aromatic rings. The number of methoxy groups -OCH3 is 1. The van der Waals surface area contributed by atoms with E-state index in [0.29, 0.717) is 24.9 Å². The van der Waals surface area contributed by atoms with Crippen LogP contribution in [0.15, 0.2) is 17.2 Å². The van der Waals surface area contributed by atoms with Crippen molar-refractivity contribution >= 4 is 23.6 Å². The van der Waals surface area contributed by atoms with Crippen molar-refractivity contribution in [3.05, 3.63) is 28.4 Å². The van der Waals surface area contributed by atoms with Crippen LogP contribution in [0.1, 0.15) is 37.7 Å². The molecule has 3 heterocycles. The molecule has 10 heteroatoms. The van der Waals surface area contributed by atoms with Crippen LogP contribution in [0.3, 0.4) is 0 Å². The summed E-state index contributed by atoms with van der Waals surface area (Å²) in [5.74, 6) is -1.37. The molecule has 0 aliphatic carbocycles. The van der Waals surface area contributed by atoms with Crippen LogP contribution in [0.5, 0.6) is 5.75 Å². The van der Waals surface area contributed by atoms with Crippen LogP contribution in [0.4, 0.5) is 0 Å². The molecule has 1 amide bonds. The Hall–Kier alpha value is -3.17. The van der Waals surface area contributed by atoms with E-state index >= 15 is 0 Å². The highest BCUT2D eigenvalue weighted by atomic mass is 16.5. The van der Waals surface area contributed by atoms with Crippen LogP contribution in [-0.4, -0.2) is 56.9 Å². The zero-order valence-corrected chi connectivity index (χ0v) is 16.9. The van der Waals surface area contributed by atoms with Gasteiger partial charge in [-0.25, -0.2) is 14.2 Å². The molecule has 0 bridgehead atoms. The van der Waals surface area contributed by atoms with Crippen LogP contribution < -0.4 is 10.3 Å². The van der Waals surface area contributed by atoms with Gasteiger partial charge in [0.15, 0.2) is 0 Å². The Bertz CT molecular complexity index is 1010. The number of likely N-dealkylation sites (tertiary alicyclic amines) is 1. The van der Waals surface area contributed by atoms with E-state index in [1.807, 2.05) is 4.90 Å². The number of hydrogen-bond donors (Lipinski definition) is 0. The van der Waals surface area contributed by atoms with E-state index < -0.39 is 28.9 Å². The van der Waals surface area contributed by atoms with E-state index in [2.05, 4.69) is 23.6 Å². The Labute approximate surface area is 167 Å². The van der Waals surface area contributed by atoms with Crippen molar-refractivity contribution in [1.82, 2.24) is 18.9 Å². The number of fused-ring (bicyclic) bond motifs is 1. The molecule has 0 N–H and O–H groups in total. The summed E-state index contributed by atoms with van der Waals surface area (Å²) in [6.45, 7) is 6.66. The van der Waals surface area contributed by atoms with Crippen LogP contribution in [0.25, 0.3) is 5.78 Å². The second-order valence-electron chi connectivity index (χ2n) is 7.52. The Kier molecular flexibility index (Phi) is 5.71. The molecule has 2 aromatic heterocycles. The van der Waals surface area contributed by atoms with Crippen LogP contribution >= 0.6 is 0 Å². The average Bonchev–Trinajstić information content (AvgIpc) is 3.05. The maximum atomic E-state index is 12.8. The fourth-order valence-corrected chi connectivity index (χ4v) is 3.76. The first kappa shape index (κ1) is 20.6. The summed E-state index contributed by atoms with van der Waals surface area (Å²) >= 11 is 0. The summed E-state index contributed by atoms with van der Waals surface area (Å²) in [6.07, 6.45) is 4.01. The zero-order valence-electron chi connectivity index (χ0n) is 16.9. The van der Waals surface area contributed by atoms with Gasteiger partial charge in [-0.2, -0.15) is 0 Å². The maximum absolute atomic E-state index is 12.8. The molecular formula is C19H24N4O6. The predicted octanol–water partition coefficient (Wildman–Crippen LogP) is 0.712. The molecule has 1 aliphatic heterocycles. The van der Waals surface area contributed by atoms with Crippen LogP contribution in [-0.2, 0) is 20.9 Å². The van der Waals surface area contributed by atoms with E-state index in [9.17, 15) is 19.2 Å². The molecule has 10 nitrogen and oxygen atoms in total. The Morgan fingerprint density at radius 3 is 2.41 bits per heavy atom. The number of carbonyl (C=O) groups is 3. The molecule has 29 heavy (non-hydrogen) atoms. The molecule has 0 aromatic carbocycles. The lowest BCUT2D eigenvalue weighted by molar-refractivity contribution is -0.134. The van der Waals surface area contributed by atoms with Crippen LogP contribution in [0.2, 0.25) is 0 Å². The third-order valence-corrected chi connectivity index (χ3v) is 4.86. The zero-order chi connectivity index (χ0) is 21.3. The van der Waals surface area contributed by atoms with E-state index in [4.69, 9.17) is 4.74 Å². The summed E-state index contributed by atoms with van der Waals surface area (Å²) in [5, 5.41) is 0. The van der Waals surface area contributed by atoms with Gasteiger partial charge in [-0.3, -0.25) is 14.4 Å². The molecule has 0 radical (unpaired) electrons. The van der Waals surface area contributed by atoms with E-state index in [1.165, 1.54) is 17.0 Å². The molecular weight excluding hydrogens is 380 g/mol. The van der Waals surface area contributed by atoms with E-state index in [0.717, 1.165) is 24.9 Å². The number of hydrogen-bond acceptors (Lipinski definition) is 7. The number of amides is 1. The Morgan fingerprint density at radius 1 is 1.17 bits per heavy atom. The van der Waals surface area contributed by atoms with Gasteiger partial charge < -0.3 is 18.9 Å². The number of carbonyl (C=O) groups excluding carboxylic acids is 3. The first-order valence-electron chi connectivity index (χ1n) is 9.37. The van der Waals surface area contributed by atoms with Crippen molar-refractivity contribution in [2.75, 3.05) is 20.2 Å². The second kappa shape index (κ2) is 8.06. The second-order valence-corrected chi connectivity index (χ2v) is 7.52. The van der Waals surface area contributed by atoms with Gasteiger partial charge in [0, 0.05) is 32.4 Å². The van der Waals surface area contributed by atoms with Crippen molar-refractivity contribution in [3.63, 3.8) is 0 Å². The third kappa shape index (κ3) is 4.15. The fourth-order valence-electron chi connectivity index (χ4n) is 3.76. The van der Waals surface area contributed by atoms with Crippen LogP contribution in [0, 0.1) is 11.8 Å². The normalized spacial score (nSPS) is 19.2. The SMILES string of the molecule is COC(=O)c1nc2n(CC(=O)N3C[C@H](C)C[C@@H](C)C3)ccn2c(=O)c1OC(C)=O. The largest absolute Gasteiger partial charge is 0.464 e. The predicted molar refractivity (Wildman–Crippen MR) is 102 cm³/mol. The standard InChI is InChI=1S/C19H24N4O6/c1-11-7-12(2)9-22(8-11)14(25)10-21-5-6-23-17(26)16(29-13(3)24)15(18(27)28-4)20-19(21)23/h5-6,11-12H,7-10H2,1-4H3/t11-,12-/m1/s1. The molecule has 0 saturated carbocycles. The first-order valence-corrected chi connectivity index (χ1v) is 9.37. The van der Waals surface area contributed by atoms with Gasteiger partial charge in [0.25, 0.3) is 0 Å². The monoisotopic (exact) mass is 404 g/mol. The summed E-state index contributed by atoms with van der Waals surface area (Å²) in [5.41, 5.74) is -1.16. The molecule has 0 spiro atoms. The molecule has 0 unspecified atom stereocenters. The number of imidazole rings is 1. The van der Waals surface area contributed by atoms with Crippen molar-refractivity contribution < 1.29 is 23.9 Å². The van der Waals surface area contributed by atoms with E-state index in [1.54, 1.807) is 0 Å². The third-order valence-electron chi connectivity index (χ3n) is 4.86. The highest BCUT2D eigenvalue weighted by Crippen LogP contribution is 2.21. The molecule has 2 atom stereocenters. The molecule has 156 valence electrons. The smallest absolute Gasteiger partial charge is 0.360 e. The summed E-state index contributed by atoms with van der Waals surface area (Å²) in [6, 6.07) is 0. The van der Waals surface area contributed by atoms with Gasteiger partial charge in [-0.1, -0.05) is 13.8 Å². The summed E-state index contributed by atoms with van der Waals surface area (Å²) in [7, 11) is 1.13. The minimum absolute atomic E-state index is 0.0318. The first-order chi connectivity index (χ1) is 13.7. The lowest BCUT2D eigenvalue weighted by atomic mass is 9.92. The van der Waals surface area contributed by atoms with Gasteiger partial charge in [0.05, 0.1) is 7.11 Å². The maximum Gasteiger partial charge on any atom is 0.360 e. The Morgan fingerprint density at radius 2 is 1.83 bits per heavy atom. The highest BCUT2D eigenvalue weighted by Gasteiger charge is 2.27.